The first kappa shape index (κ1) is 16.2. The standard InChI is InChI=1S/C14H11Cl2N3O3/c1-8(13(20)19-12-3-2-10(15)7-18-12)22-14(21)9-4-5-17-11(16)6-9/h2-8H,1H3,(H,18,19,20). The summed E-state index contributed by atoms with van der Waals surface area (Å²) in [4.78, 5) is 31.5. The maximum Gasteiger partial charge on any atom is 0.339 e. The summed E-state index contributed by atoms with van der Waals surface area (Å²) in [6.45, 7) is 1.45. The van der Waals surface area contributed by atoms with E-state index >= 15 is 0 Å². The number of amides is 1. The third kappa shape index (κ3) is 4.41. The van der Waals surface area contributed by atoms with Gasteiger partial charge in [0.15, 0.2) is 6.10 Å². The van der Waals surface area contributed by atoms with E-state index in [2.05, 4.69) is 15.3 Å². The molecule has 1 N–H and O–H groups in total. The van der Waals surface area contributed by atoms with Gasteiger partial charge in [-0.1, -0.05) is 23.2 Å². The first-order chi connectivity index (χ1) is 10.5. The average Bonchev–Trinajstić information content (AvgIpc) is 2.49. The summed E-state index contributed by atoms with van der Waals surface area (Å²) >= 11 is 11.4. The fourth-order valence-corrected chi connectivity index (χ4v) is 1.77. The normalized spacial score (nSPS) is 11.6. The molecule has 0 saturated heterocycles. The first-order valence-corrected chi connectivity index (χ1v) is 6.96. The molecule has 0 fully saturated rings. The molecule has 22 heavy (non-hydrogen) atoms. The van der Waals surface area contributed by atoms with E-state index in [1.54, 1.807) is 6.07 Å². The Morgan fingerprint density at radius 2 is 2.00 bits per heavy atom. The molecule has 6 nitrogen and oxygen atoms in total. The number of pyridine rings is 2. The van der Waals surface area contributed by atoms with Gasteiger partial charge in [0, 0.05) is 12.4 Å². The predicted molar refractivity (Wildman–Crippen MR) is 82.0 cm³/mol. The van der Waals surface area contributed by atoms with Gasteiger partial charge in [-0.2, -0.15) is 0 Å². The van der Waals surface area contributed by atoms with Gasteiger partial charge in [0.05, 0.1) is 10.6 Å². The van der Waals surface area contributed by atoms with E-state index in [1.165, 1.54) is 37.5 Å². The maximum absolute atomic E-state index is 11.9. The van der Waals surface area contributed by atoms with Crippen LogP contribution in [-0.4, -0.2) is 27.9 Å². The van der Waals surface area contributed by atoms with E-state index in [4.69, 9.17) is 27.9 Å². The van der Waals surface area contributed by atoms with Gasteiger partial charge >= 0.3 is 5.97 Å². The van der Waals surface area contributed by atoms with Crippen LogP contribution in [0, 0.1) is 0 Å². The number of hydrogen-bond donors (Lipinski definition) is 1. The minimum absolute atomic E-state index is 0.164. The number of aromatic nitrogens is 2. The fraction of sp³-hybridized carbons (Fsp3) is 0.143. The molecule has 0 spiro atoms. The third-order valence-electron chi connectivity index (χ3n) is 2.59. The number of anilines is 1. The summed E-state index contributed by atoms with van der Waals surface area (Å²) < 4.78 is 5.06. The number of rotatable bonds is 4. The summed E-state index contributed by atoms with van der Waals surface area (Å²) in [5.74, 6) is -0.872. The quantitative estimate of drug-likeness (QED) is 0.684. The van der Waals surface area contributed by atoms with Gasteiger partial charge < -0.3 is 10.1 Å². The zero-order valence-corrected chi connectivity index (χ0v) is 12.9. The Kier molecular flexibility index (Phi) is 5.30. The molecule has 2 aromatic rings. The number of halogens is 2. The number of carbonyl (C=O) groups is 2. The van der Waals surface area contributed by atoms with Crippen LogP contribution in [-0.2, 0) is 9.53 Å². The Morgan fingerprint density at radius 1 is 1.23 bits per heavy atom. The highest BCUT2D eigenvalue weighted by atomic mass is 35.5. The molecule has 114 valence electrons. The van der Waals surface area contributed by atoms with Crippen molar-refractivity contribution in [1.82, 2.24) is 9.97 Å². The largest absolute Gasteiger partial charge is 0.449 e. The van der Waals surface area contributed by atoms with Crippen LogP contribution in [0.1, 0.15) is 17.3 Å². The van der Waals surface area contributed by atoms with Crippen molar-refractivity contribution in [1.29, 1.82) is 0 Å². The van der Waals surface area contributed by atoms with Crippen LogP contribution in [0.5, 0.6) is 0 Å². The number of ether oxygens (including phenoxy) is 1. The smallest absolute Gasteiger partial charge is 0.339 e. The maximum atomic E-state index is 11.9. The molecule has 2 heterocycles. The lowest BCUT2D eigenvalue weighted by Crippen LogP contribution is -2.30. The predicted octanol–water partition coefficient (Wildman–Crippen LogP) is 2.97. The zero-order valence-electron chi connectivity index (χ0n) is 11.4. The number of nitrogens with one attached hydrogen (secondary N) is 1. The highest BCUT2D eigenvalue weighted by molar-refractivity contribution is 6.30. The monoisotopic (exact) mass is 339 g/mol. The second kappa shape index (κ2) is 7.20. The Labute approximate surface area is 136 Å². The van der Waals surface area contributed by atoms with Crippen molar-refractivity contribution in [3.05, 3.63) is 52.4 Å². The number of hydrogen-bond acceptors (Lipinski definition) is 5. The van der Waals surface area contributed by atoms with Gasteiger partial charge in [-0.15, -0.1) is 0 Å². The molecule has 1 atom stereocenters. The number of esters is 1. The Hall–Kier alpha value is -2.18. The molecule has 8 heteroatoms. The van der Waals surface area contributed by atoms with E-state index in [1.807, 2.05) is 0 Å². The van der Waals surface area contributed by atoms with Crippen LogP contribution in [0.25, 0.3) is 0 Å². The lowest BCUT2D eigenvalue weighted by Gasteiger charge is -2.13. The molecule has 0 aromatic carbocycles. The Bertz CT molecular complexity index is 692. The molecular formula is C14H11Cl2N3O3. The SMILES string of the molecule is CC(OC(=O)c1ccnc(Cl)c1)C(=O)Nc1ccc(Cl)cn1. The first-order valence-electron chi connectivity index (χ1n) is 6.20. The van der Waals surface area contributed by atoms with Crippen molar-refractivity contribution in [3.63, 3.8) is 0 Å². The lowest BCUT2D eigenvalue weighted by molar-refractivity contribution is -0.123. The van der Waals surface area contributed by atoms with Crippen molar-refractivity contribution >= 4 is 40.9 Å². The van der Waals surface area contributed by atoms with Crippen molar-refractivity contribution in [2.75, 3.05) is 5.32 Å². The van der Waals surface area contributed by atoms with Gasteiger partial charge in [0.1, 0.15) is 11.0 Å². The van der Waals surface area contributed by atoms with E-state index in [-0.39, 0.29) is 10.7 Å². The topological polar surface area (TPSA) is 81.2 Å². The molecule has 2 aromatic heterocycles. The molecule has 0 radical (unpaired) electrons. The van der Waals surface area contributed by atoms with E-state index in [0.717, 1.165) is 0 Å². The van der Waals surface area contributed by atoms with Crippen molar-refractivity contribution in [3.8, 4) is 0 Å². The molecule has 0 aliphatic heterocycles. The van der Waals surface area contributed by atoms with Crippen molar-refractivity contribution in [2.45, 2.75) is 13.0 Å². The Balaban J connectivity index is 1.96. The van der Waals surface area contributed by atoms with E-state index in [9.17, 15) is 9.59 Å². The van der Waals surface area contributed by atoms with Crippen molar-refractivity contribution < 1.29 is 14.3 Å². The van der Waals surface area contributed by atoms with Crippen LogP contribution >= 0.6 is 23.2 Å². The molecule has 1 unspecified atom stereocenters. The second-order valence-electron chi connectivity index (χ2n) is 4.27. The molecule has 1 amide bonds. The molecule has 0 bridgehead atoms. The van der Waals surface area contributed by atoms with Crippen LogP contribution in [0.2, 0.25) is 10.2 Å². The van der Waals surface area contributed by atoms with Gasteiger partial charge in [-0.3, -0.25) is 4.79 Å². The third-order valence-corrected chi connectivity index (χ3v) is 3.02. The Morgan fingerprint density at radius 3 is 2.64 bits per heavy atom. The van der Waals surface area contributed by atoms with Crippen LogP contribution in [0.4, 0.5) is 5.82 Å². The molecule has 2 rings (SSSR count). The van der Waals surface area contributed by atoms with Crippen LogP contribution in [0.3, 0.4) is 0 Å². The second-order valence-corrected chi connectivity index (χ2v) is 5.09. The van der Waals surface area contributed by atoms with Crippen LogP contribution < -0.4 is 5.32 Å². The van der Waals surface area contributed by atoms with Gasteiger partial charge in [-0.25, -0.2) is 14.8 Å². The van der Waals surface area contributed by atoms with Gasteiger partial charge in [0.25, 0.3) is 5.91 Å². The summed E-state index contributed by atoms with van der Waals surface area (Å²) in [5.41, 5.74) is 0.212. The van der Waals surface area contributed by atoms with E-state index in [0.29, 0.717) is 10.8 Å². The zero-order chi connectivity index (χ0) is 16.1. The van der Waals surface area contributed by atoms with Crippen LogP contribution in [0.15, 0.2) is 36.7 Å². The molecule has 0 aliphatic carbocycles. The summed E-state index contributed by atoms with van der Waals surface area (Å²) in [7, 11) is 0. The highest BCUT2D eigenvalue weighted by Gasteiger charge is 2.19. The molecular weight excluding hydrogens is 329 g/mol. The lowest BCUT2D eigenvalue weighted by atomic mass is 10.2. The molecule has 0 saturated carbocycles. The number of carbonyl (C=O) groups excluding carboxylic acids is 2. The highest BCUT2D eigenvalue weighted by Crippen LogP contribution is 2.12. The summed E-state index contributed by atoms with van der Waals surface area (Å²) in [6.07, 6.45) is 1.77. The van der Waals surface area contributed by atoms with Gasteiger partial charge in [0.2, 0.25) is 0 Å². The van der Waals surface area contributed by atoms with Gasteiger partial charge in [-0.05, 0) is 31.2 Å². The van der Waals surface area contributed by atoms with E-state index < -0.39 is 18.0 Å². The minimum atomic E-state index is -1.00. The minimum Gasteiger partial charge on any atom is -0.449 e. The summed E-state index contributed by atoms with van der Waals surface area (Å²) in [6, 6.07) is 5.92. The fourth-order valence-electron chi connectivity index (χ4n) is 1.49. The van der Waals surface area contributed by atoms with Crippen molar-refractivity contribution in [2.24, 2.45) is 0 Å². The average molecular weight is 340 g/mol. The molecule has 0 aliphatic rings. The number of nitrogens with zero attached hydrogens (tertiary/aromatic N) is 2. The summed E-state index contributed by atoms with van der Waals surface area (Å²) in [5, 5.41) is 3.13.